The van der Waals surface area contributed by atoms with E-state index in [1.165, 1.54) is 11.1 Å². The van der Waals surface area contributed by atoms with Gasteiger partial charge < -0.3 is 10.2 Å². The highest BCUT2D eigenvalue weighted by atomic mass is 16.2. The molecular formula is C19H30N2O. The molecule has 1 amide bonds. The molecule has 0 spiro atoms. The van der Waals surface area contributed by atoms with Crippen LogP contribution < -0.4 is 5.32 Å². The van der Waals surface area contributed by atoms with E-state index in [0.29, 0.717) is 0 Å². The van der Waals surface area contributed by atoms with E-state index in [-0.39, 0.29) is 23.3 Å². The first-order valence-electron chi connectivity index (χ1n) is 8.37. The molecule has 1 N–H and O–H groups in total. The van der Waals surface area contributed by atoms with Crippen LogP contribution in [0.25, 0.3) is 0 Å². The van der Waals surface area contributed by atoms with Gasteiger partial charge in [-0.25, -0.2) is 0 Å². The van der Waals surface area contributed by atoms with Crippen molar-refractivity contribution in [3.63, 3.8) is 0 Å². The van der Waals surface area contributed by atoms with Gasteiger partial charge in [-0.1, -0.05) is 45.0 Å². The molecule has 1 aliphatic rings. The zero-order valence-electron chi connectivity index (χ0n) is 14.6. The van der Waals surface area contributed by atoms with Crippen molar-refractivity contribution >= 4 is 5.91 Å². The third-order valence-electron chi connectivity index (χ3n) is 4.63. The van der Waals surface area contributed by atoms with Crippen LogP contribution in [0.4, 0.5) is 0 Å². The van der Waals surface area contributed by atoms with Crippen molar-refractivity contribution in [1.82, 2.24) is 10.2 Å². The first-order chi connectivity index (χ1) is 10.3. The molecule has 2 atom stereocenters. The Morgan fingerprint density at radius 3 is 2.45 bits per heavy atom. The van der Waals surface area contributed by atoms with Crippen LogP contribution in [0.15, 0.2) is 24.3 Å². The average Bonchev–Trinajstić information content (AvgIpc) is 2.46. The zero-order valence-corrected chi connectivity index (χ0v) is 14.6. The molecule has 1 aliphatic heterocycles. The highest BCUT2D eigenvalue weighted by Crippen LogP contribution is 2.24. The fraction of sp³-hybridized carbons (Fsp3) is 0.632. The molecule has 1 aromatic rings. The molecule has 122 valence electrons. The molecule has 1 heterocycles. The Hall–Kier alpha value is -1.35. The van der Waals surface area contributed by atoms with E-state index in [2.05, 4.69) is 69.2 Å². The zero-order chi connectivity index (χ0) is 16.3. The molecule has 1 fully saturated rings. The lowest BCUT2D eigenvalue weighted by atomic mass is 9.86. The van der Waals surface area contributed by atoms with Gasteiger partial charge in [0, 0.05) is 6.54 Å². The van der Waals surface area contributed by atoms with Gasteiger partial charge in [-0.15, -0.1) is 0 Å². The summed E-state index contributed by atoms with van der Waals surface area (Å²) in [6.07, 6.45) is 2.12. The van der Waals surface area contributed by atoms with Crippen molar-refractivity contribution < 1.29 is 4.79 Å². The lowest BCUT2D eigenvalue weighted by molar-refractivity contribution is -0.127. The molecule has 1 aromatic carbocycles. The van der Waals surface area contributed by atoms with E-state index in [4.69, 9.17) is 0 Å². The molecular weight excluding hydrogens is 272 g/mol. The van der Waals surface area contributed by atoms with Crippen molar-refractivity contribution in [2.24, 2.45) is 5.92 Å². The summed E-state index contributed by atoms with van der Waals surface area (Å²) in [7, 11) is 2.09. The van der Waals surface area contributed by atoms with E-state index in [0.717, 1.165) is 25.9 Å². The van der Waals surface area contributed by atoms with Gasteiger partial charge in [0.05, 0.1) is 12.0 Å². The first-order valence-corrected chi connectivity index (χ1v) is 8.37. The van der Waals surface area contributed by atoms with Crippen LogP contribution in [-0.4, -0.2) is 30.9 Å². The van der Waals surface area contributed by atoms with Crippen LogP contribution in [0.3, 0.4) is 0 Å². The molecule has 0 aliphatic carbocycles. The number of carbonyl (C=O) groups is 1. The number of nitrogens with zero attached hydrogens (tertiary/aromatic N) is 1. The summed E-state index contributed by atoms with van der Waals surface area (Å²) in [6.45, 7) is 10.7. The van der Waals surface area contributed by atoms with Gasteiger partial charge >= 0.3 is 0 Å². The monoisotopic (exact) mass is 302 g/mol. The number of hydrogen-bond donors (Lipinski definition) is 1. The maximum Gasteiger partial charge on any atom is 0.224 e. The maximum absolute atomic E-state index is 12.4. The molecule has 0 radical (unpaired) electrons. The summed E-state index contributed by atoms with van der Waals surface area (Å²) in [4.78, 5) is 14.7. The number of likely N-dealkylation sites (tertiary alicyclic amines) is 1. The van der Waals surface area contributed by atoms with Crippen LogP contribution in [-0.2, 0) is 10.2 Å². The predicted molar refractivity (Wildman–Crippen MR) is 91.9 cm³/mol. The fourth-order valence-corrected chi connectivity index (χ4v) is 3.07. The van der Waals surface area contributed by atoms with Gasteiger partial charge in [-0.2, -0.15) is 0 Å². The smallest absolute Gasteiger partial charge is 0.224 e. The Bertz CT molecular complexity index is 501. The van der Waals surface area contributed by atoms with Crippen molar-refractivity contribution in [1.29, 1.82) is 0 Å². The second kappa shape index (κ2) is 6.82. The number of rotatable bonds is 3. The molecule has 2 rings (SSSR count). The summed E-state index contributed by atoms with van der Waals surface area (Å²) in [5, 5.41) is 3.18. The lowest BCUT2D eigenvalue weighted by Crippen LogP contribution is -2.42. The fourth-order valence-electron chi connectivity index (χ4n) is 3.07. The summed E-state index contributed by atoms with van der Waals surface area (Å²) in [5.41, 5.74) is 2.66. The third-order valence-corrected chi connectivity index (χ3v) is 4.63. The highest BCUT2D eigenvalue weighted by Gasteiger charge is 2.25. The Labute approximate surface area is 135 Å². The average molecular weight is 302 g/mol. The van der Waals surface area contributed by atoms with E-state index < -0.39 is 0 Å². The Morgan fingerprint density at radius 1 is 1.27 bits per heavy atom. The van der Waals surface area contributed by atoms with Gasteiger partial charge in [0.1, 0.15) is 0 Å². The minimum atomic E-state index is 0.0637. The van der Waals surface area contributed by atoms with Crippen LogP contribution in [0.5, 0.6) is 0 Å². The van der Waals surface area contributed by atoms with E-state index in [1.54, 1.807) is 0 Å². The summed E-state index contributed by atoms with van der Waals surface area (Å²) in [5.74, 6) is 0.328. The molecule has 1 saturated heterocycles. The summed E-state index contributed by atoms with van der Waals surface area (Å²) < 4.78 is 0. The second-order valence-corrected chi connectivity index (χ2v) is 7.70. The Balaban J connectivity index is 1.96. The van der Waals surface area contributed by atoms with Gasteiger partial charge in [-0.3, -0.25) is 4.79 Å². The number of nitrogens with one attached hydrogen (secondary N) is 1. The molecule has 0 bridgehead atoms. The predicted octanol–water partition coefficient (Wildman–Crippen LogP) is 3.50. The van der Waals surface area contributed by atoms with Crippen molar-refractivity contribution in [2.75, 3.05) is 20.1 Å². The third kappa shape index (κ3) is 4.33. The van der Waals surface area contributed by atoms with Gasteiger partial charge in [0.2, 0.25) is 5.91 Å². The topological polar surface area (TPSA) is 32.3 Å². The molecule has 0 aromatic heterocycles. The standard InChI is InChI=1S/C19H30N2O/c1-14(15-8-10-17(11-9-15)19(2,3)4)20-18(22)16-7-6-12-21(5)13-16/h8-11,14,16H,6-7,12-13H2,1-5H3,(H,20,22)/t14-,16-/m0/s1. The first kappa shape index (κ1) is 17.0. The van der Waals surface area contributed by atoms with Gasteiger partial charge in [-0.05, 0) is 49.9 Å². The normalized spacial score (nSPS) is 21.4. The lowest BCUT2D eigenvalue weighted by Gasteiger charge is -2.29. The van der Waals surface area contributed by atoms with Crippen LogP contribution in [0.1, 0.15) is 57.7 Å². The van der Waals surface area contributed by atoms with E-state index in [9.17, 15) is 4.79 Å². The number of piperidine rings is 1. The van der Waals surface area contributed by atoms with E-state index >= 15 is 0 Å². The second-order valence-electron chi connectivity index (χ2n) is 7.70. The van der Waals surface area contributed by atoms with E-state index in [1.807, 2.05) is 0 Å². The van der Waals surface area contributed by atoms with Crippen LogP contribution in [0, 0.1) is 5.92 Å². The van der Waals surface area contributed by atoms with Crippen molar-refractivity contribution in [3.8, 4) is 0 Å². The number of benzene rings is 1. The molecule has 0 saturated carbocycles. The number of hydrogen-bond acceptors (Lipinski definition) is 2. The van der Waals surface area contributed by atoms with Crippen LogP contribution >= 0.6 is 0 Å². The van der Waals surface area contributed by atoms with Gasteiger partial charge in [0.15, 0.2) is 0 Å². The van der Waals surface area contributed by atoms with Gasteiger partial charge in [0.25, 0.3) is 0 Å². The minimum absolute atomic E-state index is 0.0637. The van der Waals surface area contributed by atoms with Crippen molar-refractivity contribution in [3.05, 3.63) is 35.4 Å². The van der Waals surface area contributed by atoms with Crippen LogP contribution in [0.2, 0.25) is 0 Å². The minimum Gasteiger partial charge on any atom is -0.349 e. The Kier molecular flexibility index (Phi) is 5.28. The number of carbonyl (C=O) groups excluding carboxylic acids is 1. The van der Waals surface area contributed by atoms with Crippen molar-refractivity contribution in [2.45, 2.75) is 52.0 Å². The SMILES string of the molecule is C[C@H](NC(=O)[C@H]1CCCN(C)C1)c1ccc(C(C)(C)C)cc1. The molecule has 0 unspecified atom stereocenters. The summed E-state index contributed by atoms with van der Waals surface area (Å²) >= 11 is 0. The quantitative estimate of drug-likeness (QED) is 0.927. The highest BCUT2D eigenvalue weighted by molar-refractivity contribution is 5.79. The molecule has 22 heavy (non-hydrogen) atoms. The maximum atomic E-state index is 12.4. The largest absolute Gasteiger partial charge is 0.349 e. The molecule has 3 heteroatoms. The summed E-state index contributed by atoms with van der Waals surface area (Å²) in [6, 6.07) is 8.68. The Morgan fingerprint density at radius 2 is 1.91 bits per heavy atom. The molecule has 3 nitrogen and oxygen atoms in total. The number of amides is 1.